The minimum Gasteiger partial charge on any atom is -0.347 e. The minimum atomic E-state index is 0.751. The lowest BCUT2D eigenvalue weighted by atomic mass is 10.2. The molecule has 0 atom stereocenters. The van der Waals surface area contributed by atoms with Crippen LogP contribution in [0.5, 0.6) is 0 Å². The average Bonchev–Trinajstić information content (AvgIpc) is 3.21. The lowest BCUT2D eigenvalue weighted by Crippen LogP contribution is -2.14. The van der Waals surface area contributed by atoms with E-state index in [0.717, 1.165) is 24.2 Å². The smallest absolute Gasteiger partial charge is 0.0498 e. The lowest BCUT2D eigenvalue weighted by Gasteiger charge is -2.04. The SMILES string of the molecule is CCCCCn1cc(CNC2CC2)c2ccc(Cl)cc21. The van der Waals surface area contributed by atoms with E-state index in [9.17, 15) is 0 Å². The zero-order valence-corrected chi connectivity index (χ0v) is 12.9. The van der Waals surface area contributed by atoms with Crippen LogP contribution in [-0.4, -0.2) is 10.6 Å². The third-order valence-corrected chi connectivity index (χ3v) is 4.32. The summed E-state index contributed by atoms with van der Waals surface area (Å²) in [4.78, 5) is 0. The topological polar surface area (TPSA) is 17.0 Å². The van der Waals surface area contributed by atoms with E-state index in [4.69, 9.17) is 11.6 Å². The molecule has 0 radical (unpaired) electrons. The summed E-state index contributed by atoms with van der Waals surface area (Å²) in [6.07, 6.45) is 8.77. The first-order chi connectivity index (χ1) is 9.78. The van der Waals surface area contributed by atoms with Gasteiger partial charge in [0.05, 0.1) is 0 Å². The van der Waals surface area contributed by atoms with Crippen molar-refractivity contribution in [2.45, 2.75) is 58.2 Å². The van der Waals surface area contributed by atoms with Gasteiger partial charge in [0.2, 0.25) is 0 Å². The molecule has 108 valence electrons. The Morgan fingerprint density at radius 2 is 2.15 bits per heavy atom. The molecule has 1 saturated carbocycles. The van der Waals surface area contributed by atoms with Crippen LogP contribution in [0.3, 0.4) is 0 Å². The Hall–Kier alpha value is -0.990. The average molecular weight is 291 g/mol. The highest BCUT2D eigenvalue weighted by Gasteiger charge is 2.20. The number of rotatable bonds is 7. The van der Waals surface area contributed by atoms with Crippen molar-refractivity contribution in [3.05, 3.63) is 35.0 Å². The van der Waals surface area contributed by atoms with Crippen LogP contribution in [-0.2, 0) is 13.1 Å². The van der Waals surface area contributed by atoms with E-state index >= 15 is 0 Å². The summed E-state index contributed by atoms with van der Waals surface area (Å²) in [7, 11) is 0. The molecule has 1 aromatic carbocycles. The fourth-order valence-electron chi connectivity index (χ4n) is 2.74. The summed E-state index contributed by atoms with van der Waals surface area (Å²) >= 11 is 6.17. The second-order valence-corrected chi connectivity index (χ2v) is 6.31. The molecule has 0 bridgehead atoms. The van der Waals surface area contributed by atoms with Crippen LogP contribution in [0.25, 0.3) is 10.9 Å². The molecule has 0 saturated heterocycles. The van der Waals surface area contributed by atoms with E-state index in [1.807, 2.05) is 6.07 Å². The van der Waals surface area contributed by atoms with Crippen molar-refractivity contribution in [3.8, 4) is 0 Å². The van der Waals surface area contributed by atoms with Gasteiger partial charge < -0.3 is 9.88 Å². The largest absolute Gasteiger partial charge is 0.347 e. The number of aryl methyl sites for hydroxylation is 1. The summed E-state index contributed by atoms with van der Waals surface area (Å²) in [5.41, 5.74) is 2.68. The van der Waals surface area contributed by atoms with Crippen molar-refractivity contribution < 1.29 is 0 Å². The van der Waals surface area contributed by atoms with Crippen molar-refractivity contribution in [1.82, 2.24) is 9.88 Å². The summed E-state index contributed by atoms with van der Waals surface area (Å²) in [5, 5.41) is 5.79. The Morgan fingerprint density at radius 3 is 2.90 bits per heavy atom. The molecule has 1 aliphatic rings. The van der Waals surface area contributed by atoms with Gasteiger partial charge in [0, 0.05) is 41.3 Å². The molecule has 20 heavy (non-hydrogen) atoms. The van der Waals surface area contributed by atoms with Crippen molar-refractivity contribution in [1.29, 1.82) is 0 Å². The van der Waals surface area contributed by atoms with Crippen LogP contribution < -0.4 is 5.32 Å². The highest BCUT2D eigenvalue weighted by molar-refractivity contribution is 6.31. The number of unbranched alkanes of at least 4 members (excludes halogenated alkanes) is 2. The maximum atomic E-state index is 6.17. The Bertz CT molecular complexity index is 584. The lowest BCUT2D eigenvalue weighted by molar-refractivity contribution is 0.612. The van der Waals surface area contributed by atoms with Gasteiger partial charge in [-0.15, -0.1) is 0 Å². The van der Waals surface area contributed by atoms with E-state index in [1.54, 1.807) is 0 Å². The van der Waals surface area contributed by atoms with E-state index in [2.05, 4.69) is 35.1 Å². The van der Waals surface area contributed by atoms with Gasteiger partial charge in [-0.05, 0) is 37.0 Å². The van der Waals surface area contributed by atoms with Gasteiger partial charge in [0.25, 0.3) is 0 Å². The third-order valence-electron chi connectivity index (χ3n) is 4.09. The van der Waals surface area contributed by atoms with Crippen molar-refractivity contribution in [3.63, 3.8) is 0 Å². The van der Waals surface area contributed by atoms with Crippen molar-refractivity contribution in [2.75, 3.05) is 0 Å². The second kappa shape index (κ2) is 6.19. The molecule has 1 heterocycles. The maximum absolute atomic E-state index is 6.17. The van der Waals surface area contributed by atoms with Crippen LogP contribution >= 0.6 is 11.6 Å². The Morgan fingerprint density at radius 1 is 1.30 bits per heavy atom. The quantitative estimate of drug-likeness (QED) is 0.729. The number of hydrogen-bond donors (Lipinski definition) is 1. The van der Waals surface area contributed by atoms with Crippen LogP contribution in [0.2, 0.25) is 5.02 Å². The van der Waals surface area contributed by atoms with E-state index in [-0.39, 0.29) is 0 Å². The molecular formula is C17H23ClN2. The summed E-state index contributed by atoms with van der Waals surface area (Å²) in [6.45, 7) is 4.31. The summed E-state index contributed by atoms with van der Waals surface area (Å²) in [6, 6.07) is 7.02. The van der Waals surface area contributed by atoms with Crippen LogP contribution in [0.15, 0.2) is 24.4 Å². The molecule has 3 rings (SSSR count). The number of nitrogens with zero attached hydrogens (tertiary/aromatic N) is 1. The zero-order valence-electron chi connectivity index (χ0n) is 12.2. The normalized spacial score (nSPS) is 15.1. The fourth-order valence-corrected chi connectivity index (χ4v) is 2.91. The first-order valence-corrected chi connectivity index (χ1v) is 8.16. The first-order valence-electron chi connectivity index (χ1n) is 7.78. The molecule has 0 aliphatic heterocycles. The van der Waals surface area contributed by atoms with E-state index < -0.39 is 0 Å². The van der Waals surface area contributed by atoms with Crippen molar-refractivity contribution in [2.24, 2.45) is 0 Å². The molecule has 1 aromatic heterocycles. The monoisotopic (exact) mass is 290 g/mol. The molecule has 1 fully saturated rings. The molecule has 0 amide bonds. The predicted octanol–water partition coefficient (Wildman–Crippen LogP) is 4.74. The number of aromatic nitrogens is 1. The molecule has 0 spiro atoms. The van der Waals surface area contributed by atoms with Gasteiger partial charge in [-0.1, -0.05) is 37.4 Å². The van der Waals surface area contributed by atoms with Gasteiger partial charge in [-0.25, -0.2) is 0 Å². The van der Waals surface area contributed by atoms with Gasteiger partial charge in [0.1, 0.15) is 0 Å². The number of hydrogen-bond acceptors (Lipinski definition) is 1. The van der Waals surface area contributed by atoms with Crippen LogP contribution in [0.1, 0.15) is 44.6 Å². The van der Waals surface area contributed by atoms with Crippen LogP contribution in [0, 0.1) is 0 Å². The minimum absolute atomic E-state index is 0.751. The Kier molecular flexibility index (Phi) is 4.32. The van der Waals surface area contributed by atoms with Gasteiger partial charge in [0.15, 0.2) is 0 Å². The fraction of sp³-hybridized carbons (Fsp3) is 0.529. The third kappa shape index (κ3) is 3.18. The predicted molar refractivity (Wildman–Crippen MR) is 86.3 cm³/mol. The molecule has 2 aromatic rings. The molecular weight excluding hydrogens is 268 g/mol. The molecule has 2 nitrogen and oxygen atoms in total. The summed E-state index contributed by atoms with van der Waals surface area (Å²) < 4.78 is 2.38. The Labute approximate surface area is 126 Å². The highest BCUT2D eigenvalue weighted by atomic mass is 35.5. The van der Waals surface area contributed by atoms with Crippen molar-refractivity contribution >= 4 is 22.5 Å². The molecule has 1 N–H and O–H groups in total. The van der Waals surface area contributed by atoms with Gasteiger partial charge >= 0.3 is 0 Å². The van der Waals surface area contributed by atoms with Gasteiger partial charge in [-0.3, -0.25) is 0 Å². The van der Waals surface area contributed by atoms with E-state index in [0.29, 0.717) is 0 Å². The van der Waals surface area contributed by atoms with Crippen LogP contribution in [0.4, 0.5) is 0 Å². The Balaban J connectivity index is 1.84. The first kappa shape index (κ1) is 14.0. The second-order valence-electron chi connectivity index (χ2n) is 5.87. The molecule has 1 aliphatic carbocycles. The van der Waals surface area contributed by atoms with E-state index in [1.165, 1.54) is 48.6 Å². The number of fused-ring (bicyclic) bond motifs is 1. The number of nitrogens with one attached hydrogen (secondary N) is 1. The molecule has 3 heteroatoms. The number of benzene rings is 1. The highest BCUT2D eigenvalue weighted by Crippen LogP contribution is 2.27. The standard InChI is InChI=1S/C17H23ClN2/c1-2-3-4-9-20-12-13(11-19-15-6-7-15)16-8-5-14(18)10-17(16)20/h5,8,10,12,15,19H,2-4,6-7,9,11H2,1H3. The number of halogens is 1. The molecule has 0 unspecified atom stereocenters. The maximum Gasteiger partial charge on any atom is 0.0498 e. The summed E-state index contributed by atoms with van der Waals surface area (Å²) in [5.74, 6) is 0. The van der Waals surface area contributed by atoms with Gasteiger partial charge in [-0.2, -0.15) is 0 Å². The zero-order chi connectivity index (χ0) is 13.9.